The number of hydrogen-bond acceptors (Lipinski definition) is 11. The number of aryl methyl sites for hydroxylation is 2. The fourth-order valence-electron chi connectivity index (χ4n) is 9.54. The number of aromatic hydroxyl groups is 1. The van der Waals surface area contributed by atoms with Gasteiger partial charge in [-0.2, -0.15) is 0 Å². The summed E-state index contributed by atoms with van der Waals surface area (Å²) in [5.41, 5.74) is 2.50. The third-order valence-electron chi connectivity index (χ3n) is 12.2. The van der Waals surface area contributed by atoms with Gasteiger partial charge in [0.15, 0.2) is 18.1 Å². The number of carboxylic acid groups (broad SMARTS) is 2. The van der Waals surface area contributed by atoms with Gasteiger partial charge in [-0.05, 0) is 19.2 Å². The van der Waals surface area contributed by atoms with Crippen LogP contribution in [0.1, 0.15) is 68.0 Å². The molecule has 0 amide bonds. The first-order valence-electron chi connectivity index (χ1n) is 20.9. The van der Waals surface area contributed by atoms with Crippen molar-refractivity contribution in [2.75, 3.05) is 32.0 Å². The summed E-state index contributed by atoms with van der Waals surface area (Å²) >= 11 is 0. The summed E-state index contributed by atoms with van der Waals surface area (Å²) in [6.07, 6.45) is 6.30. The molecule has 64 heavy (non-hydrogen) atoms. The smallest absolute Gasteiger partial charge is 0.303 e. The number of ether oxygens (including phenoxy) is 3. The van der Waals surface area contributed by atoms with Crippen molar-refractivity contribution in [3.05, 3.63) is 109 Å². The van der Waals surface area contributed by atoms with Crippen LogP contribution < -0.4 is 44.8 Å². The van der Waals surface area contributed by atoms with Gasteiger partial charge in [0.05, 0.1) is 62.2 Å². The van der Waals surface area contributed by atoms with Crippen molar-refractivity contribution in [3.63, 3.8) is 0 Å². The lowest BCUT2D eigenvalue weighted by Gasteiger charge is -2.25. The molecule has 0 aliphatic heterocycles. The zero-order chi connectivity index (χ0) is 45.6. The van der Waals surface area contributed by atoms with Crippen molar-refractivity contribution in [1.82, 2.24) is 0 Å². The largest absolute Gasteiger partial charge is 0.507 e. The zero-order valence-electron chi connectivity index (χ0n) is 36.1. The topological polar surface area (TPSA) is 206 Å². The van der Waals surface area contributed by atoms with E-state index in [1.54, 1.807) is 19.1 Å². The van der Waals surface area contributed by atoms with Crippen molar-refractivity contribution >= 4 is 78.3 Å². The summed E-state index contributed by atoms with van der Waals surface area (Å²) in [5.74, 6) is -2.99. The fourth-order valence-corrected chi connectivity index (χ4v) is 9.54. The summed E-state index contributed by atoms with van der Waals surface area (Å²) in [6, 6.07) is 14.3. The predicted molar refractivity (Wildman–Crippen MR) is 241 cm³/mol. The lowest BCUT2D eigenvalue weighted by molar-refractivity contribution is -0.704. The Hall–Kier alpha value is -7.55. The summed E-state index contributed by atoms with van der Waals surface area (Å²) in [6.45, 7) is 4.44. The van der Waals surface area contributed by atoms with Gasteiger partial charge < -0.3 is 40.2 Å². The molecule has 1 aliphatic rings. The van der Waals surface area contributed by atoms with Crippen molar-refractivity contribution in [3.8, 4) is 23.0 Å². The maximum Gasteiger partial charge on any atom is 0.303 e. The summed E-state index contributed by atoms with van der Waals surface area (Å²) in [7, 11) is 4.29. The van der Waals surface area contributed by atoms with Crippen LogP contribution in [-0.4, -0.2) is 54.4 Å². The highest BCUT2D eigenvalue weighted by Crippen LogP contribution is 2.56. The second kappa shape index (κ2) is 17.3. The lowest BCUT2D eigenvalue weighted by Crippen LogP contribution is -2.39. The maximum atomic E-state index is 15.7. The van der Waals surface area contributed by atoms with E-state index in [1.165, 1.54) is 34.3 Å². The average molecular weight is 869 g/mol. The Morgan fingerprint density at radius 3 is 1.80 bits per heavy atom. The molecule has 0 radical (unpaired) electrons. The van der Waals surface area contributed by atoms with Crippen LogP contribution in [0.25, 0.3) is 49.2 Å². The van der Waals surface area contributed by atoms with E-state index in [2.05, 4.69) is 10.6 Å². The van der Waals surface area contributed by atoms with Crippen molar-refractivity contribution in [2.45, 2.75) is 71.6 Å². The van der Waals surface area contributed by atoms with E-state index in [0.29, 0.717) is 86.4 Å². The molecule has 0 fully saturated rings. The molecule has 328 valence electrons. The number of rotatable bonds is 18. The van der Waals surface area contributed by atoms with Crippen molar-refractivity contribution in [2.24, 2.45) is 0 Å². The Morgan fingerprint density at radius 2 is 1.25 bits per heavy atom. The van der Waals surface area contributed by atoms with Crippen LogP contribution in [-0.2, 0) is 40.6 Å². The van der Waals surface area contributed by atoms with Gasteiger partial charge in [0.1, 0.15) is 49.2 Å². The third kappa shape index (κ3) is 7.25. The Bertz CT molecular complexity index is 3200. The molecule has 2 aromatic heterocycles. The summed E-state index contributed by atoms with van der Waals surface area (Å²) < 4.78 is 21.9. The van der Waals surface area contributed by atoms with Crippen LogP contribution in [0.3, 0.4) is 0 Å². The number of carbonyl (C=O) groups excluding carboxylic acids is 1. The van der Waals surface area contributed by atoms with Gasteiger partial charge in [-0.25, -0.2) is 9.13 Å². The van der Waals surface area contributed by atoms with E-state index < -0.39 is 23.3 Å². The minimum Gasteiger partial charge on any atom is -0.507 e. The lowest BCUT2D eigenvalue weighted by atomic mass is 9.80. The van der Waals surface area contributed by atoms with E-state index in [0.717, 1.165) is 11.4 Å². The second-order valence-electron chi connectivity index (χ2n) is 16.0. The number of nitrogens with one attached hydrogen (secondary N) is 2. The fraction of sp³-hybridized carbons (Fsp3) is 0.286. The van der Waals surface area contributed by atoms with E-state index in [9.17, 15) is 34.5 Å². The van der Waals surface area contributed by atoms with Gasteiger partial charge in [0.2, 0.25) is 22.2 Å². The summed E-state index contributed by atoms with van der Waals surface area (Å²) in [4.78, 5) is 67.0. The second-order valence-corrected chi connectivity index (χ2v) is 16.0. The third-order valence-corrected chi connectivity index (χ3v) is 12.2. The molecule has 15 nitrogen and oxygen atoms in total. The van der Waals surface area contributed by atoms with Gasteiger partial charge in [-0.1, -0.05) is 23.8 Å². The standard InChI is InChI=1S/C49H46N4O11/c1-25-20-29-37-42-38(47(60)46(29)51-24-28-13-7-9-17-53(28)19-11-15-35(58)59)30(50-23-27-12-6-8-16-52(27)18-10-14-34(56)57)21-32(62-3)40(42)41-33(63-4)22-31(55)39-44(41)43(37)45(36(25)26(2)54)49(64-5)48(39)61/h6-9,12-13,16-17,20-22,36H,10-11,14-15,18-19,23-24H2,1-5H3,(H3-2,50,51,55,56,57,58,59,60,61)/p+2. The highest BCUT2D eigenvalue weighted by molar-refractivity contribution is 6.40. The number of phenols is 1. The number of nitrogens with zero attached hydrogens (tertiary/aromatic N) is 2. The minimum absolute atomic E-state index is 0.00170. The number of aromatic nitrogens is 2. The Morgan fingerprint density at radius 1 is 0.688 bits per heavy atom. The van der Waals surface area contributed by atoms with E-state index in [1.807, 2.05) is 57.9 Å². The molecule has 0 bridgehead atoms. The monoisotopic (exact) mass is 868 g/mol. The number of Topliss-reactive ketones (excluding diaryl/α,β-unsaturated/α-hetero) is 1. The number of carbonyl (C=O) groups is 3. The zero-order valence-corrected chi connectivity index (χ0v) is 36.1. The first kappa shape index (κ1) is 43.1. The SMILES string of the molecule is COc1c2c3c4c(c(NCc5cccc[n+]5CCCC(=O)O)c(=O)c5c(NCc6cccc[n+]6CCCC(=O)O)cc(OC)c(c6c(OC)cc(O)c(c1=O)c63)c54)C=C(C)C2C(C)=O. The van der Waals surface area contributed by atoms with Gasteiger partial charge in [0.25, 0.3) is 0 Å². The number of aliphatic carboxylic acids is 2. The van der Waals surface area contributed by atoms with Crippen molar-refractivity contribution in [1.29, 1.82) is 0 Å². The Labute approximate surface area is 366 Å². The quantitative estimate of drug-likeness (QED) is 0.0368. The highest BCUT2D eigenvalue weighted by Gasteiger charge is 2.37. The van der Waals surface area contributed by atoms with E-state index in [-0.39, 0.29) is 70.9 Å². The Balaban J connectivity index is 1.50. The van der Waals surface area contributed by atoms with Gasteiger partial charge in [-0.3, -0.25) is 24.0 Å². The minimum atomic E-state index is -0.987. The average Bonchev–Trinajstić information content (AvgIpc) is 3.39. The number of allylic oxidation sites excluding steroid dienone is 1. The van der Waals surface area contributed by atoms with E-state index >= 15 is 4.79 Å². The van der Waals surface area contributed by atoms with Crippen molar-refractivity contribution < 1.29 is 53.0 Å². The number of benzene rings is 5. The van der Waals surface area contributed by atoms with Gasteiger partial charge in [0, 0.05) is 87.3 Å². The van der Waals surface area contributed by atoms with E-state index in [4.69, 9.17) is 14.2 Å². The van der Waals surface area contributed by atoms with Crippen LogP contribution in [0, 0.1) is 0 Å². The molecule has 5 N–H and O–H groups in total. The predicted octanol–water partition coefficient (Wildman–Crippen LogP) is 6.25. The number of fused-ring (bicyclic) bond motifs is 1. The molecule has 1 aliphatic carbocycles. The molecule has 1 unspecified atom stereocenters. The molecule has 0 saturated heterocycles. The van der Waals surface area contributed by atoms with Crippen LogP contribution in [0.5, 0.6) is 23.0 Å². The first-order chi connectivity index (χ1) is 30.8. The number of phenolic OH excluding ortho intramolecular Hbond substituents is 1. The molecular formula is C49H48N4O11+2. The molecule has 0 spiro atoms. The molecule has 1 atom stereocenters. The number of carboxylic acids is 2. The van der Waals surface area contributed by atoms with Crippen LogP contribution in [0.2, 0.25) is 0 Å². The van der Waals surface area contributed by atoms with Gasteiger partial charge >= 0.3 is 11.9 Å². The molecular weight excluding hydrogens is 821 g/mol. The van der Waals surface area contributed by atoms with Crippen LogP contribution >= 0.6 is 0 Å². The molecule has 2 heterocycles. The number of ketones is 1. The molecule has 15 heteroatoms. The maximum absolute atomic E-state index is 15.7. The molecule has 8 rings (SSSR count). The molecule has 0 saturated carbocycles. The summed E-state index contributed by atoms with van der Waals surface area (Å²) in [5, 5.41) is 40.1. The van der Waals surface area contributed by atoms with Gasteiger partial charge in [-0.15, -0.1) is 0 Å². The number of methoxy groups -OCH3 is 3. The first-order valence-corrected chi connectivity index (χ1v) is 20.9. The van der Waals surface area contributed by atoms with Crippen LogP contribution in [0.15, 0.2) is 76.1 Å². The number of pyridine rings is 2. The normalized spacial score (nSPS) is 13.4. The number of hydrogen-bond donors (Lipinski definition) is 5. The Kier molecular flexibility index (Phi) is 11.7. The molecule has 7 aromatic rings. The van der Waals surface area contributed by atoms with Crippen LogP contribution in [0.4, 0.5) is 11.4 Å². The highest BCUT2D eigenvalue weighted by atomic mass is 16.5. The molecule has 5 aromatic carbocycles. The number of anilines is 2.